The summed E-state index contributed by atoms with van der Waals surface area (Å²) in [6, 6.07) is 5.63. The fourth-order valence-corrected chi connectivity index (χ4v) is 2.57. The SMILES string of the molecule is CC(C)N(C)C(=O)c1cc(OCCNc2ccncc2)cc(Cl)c1OC(=O)C(F)(F)F. The van der Waals surface area contributed by atoms with Crippen LogP contribution in [-0.4, -0.2) is 54.2 Å². The highest BCUT2D eigenvalue weighted by molar-refractivity contribution is 6.33. The van der Waals surface area contributed by atoms with Crippen LogP contribution in [0.25, 0.3) is 0 Å². The summed E-state index contributed by atoms with van der Waals surface area (Å²) in [5.41, 5.74) is 0.499. The van der Waals surface area contributed by atoms with Crippen molar-refractivity contribution in [2.75, 3.05) is 25.5 Å². The summed E-state index contributed by atoms with van der Waals surface area (Å²) in [5, 5.41) is 2.72. The molecule has 1 aromatic carbocycles. The van der Waals surface area contributed by atoms with Crippen molar-refractivity contribution in [3.63, 3.8) is 0 Å². The predicted octanol–water partition coefficient (Wildman–Crippen LogP) is 4.17. The number of benzene rings is 1. The molecule has 0 spiro atoms. The third-order valence-electron chi connectivity index (χ3n) is 4.15. The summed E-state index contributed by atoms with van der Waals surface area (Å²) in [7, 11) is 1.46. The minimum atomic E-state index is -5.25. The molecular weight excluding hydrogens is 439 g/mol. The van der Waals surface area contributed by atoms with E-state index < -0.39 is 23.8 Å². The van der Waals surface area contributed by atoms with Crippen molar-refractivity contribution >= 4 is 29.2 Å². The van der Waals surface area contributed by atoms with E-state index in [0.717, 1.165) is 5.69 Å². The number of nitrogens with zero attached hydrogens (tertiary/aromatic N) is 2. The van der Waals surface area contributed by atoms with Crippen LogP contribution in [0.1, 0.15) is 24.2 Å². The van der Waals surface area contributed by atoms with Gasteiger partial charge in [0.25, 0.3) is 5.91 Å². The standard InChI is InChI=1S/C20H21ClF3N3O4/c1-12(2)27(3)18(28)15-10-14(30-9-8-26-13-4-6-25-7-5-13)11-16(21)17(15)31-19(29)20(22,23)24/h4-7,10-12H,8-9H2,1-3H3,(H,25,26). The van der Waals surface area contributed by atoms with Gasteiger partial charge in [0.1, 0.15) is 12.4 Å². The van der Waals surface area contributed by atoms with Crippen molar-refractivity contribution in [3.05, 3.63) is 47.2 Å². The number of anilines is 1. The minimum Gasteiger partial charge on any atom is -0.492 e. The largest absolute Gasteiger partial charge is 0.492 e. The molecule has 1 aromatic heterocycles. The van der Waals surface area contributed by atoms with Crippen LogP contribution >= 0.6 is 11.6 Å². The maximum Gasteiger partial charge on any atom is 0.491 e. The van der Waals surface area contributed by atoms with Crippen LogP contribution < -0.4 is 14.8 Å². The van der Waals surface area contributed by atoms with Gasteiger partial charge in [0.15, 0.2) is 5.75 Å². The number of hydrogen-bond acceptors (Lipinski definition) is 6. The van der Waals surface area contributed by atoms with E-state index >= 15 is 0 Å². The zero-order chi connectivity index (χ0) is 23.2. The molecule has 0 aliphatic carbocycles. The summed E-state index contributed by atoms with van der Waals surface area (Å²) in [5.74, 6) is -3.70. The van der Waals surface area contributed by atoms with Gasteiger partial charge >= 0.3 is 12.1 Å². The molecule has 0 bridgehead atoms. The summed E-state index contributed by atoms with van der Waals surface area (Å²) in [4.78, 5) is 29.3. The lowest BCUT2D eigenvalue weighted by Gasteiger charge is -2.23. The summed E-state index contributed by atoms with van der Waals surface area (Å²) in [6.07, 6.45) is -2.01. The van der Waals surface area contributed by atoms with Crippen LogP contribution in [-0.2, 0) is 4.79 Å². The van der Waals surface area contributed by atoms with Crippen LogP contribution in [0.2, 0.25) is 5.02 Å². The molecule has 168 valence electrons. The first kappa shape index (κ1) is 24.3. The highest BCUT2D eigenvalue weighted by Crippen LogP contribution is 2.36. The number of rotatable bonds is 8. The molecule has 7 nitrogen and oxygen atoms in total. The molecule has 0 aliphatic heterocycles. The van der Waals surface area contributed by atoms with Gasteiger partial charge in [-0.2, -0.15) is 13.2 Å². The molecule has 11 heteroatoms. The van der Waals surface area contributed by atoms with Crippen LogP contribution in [0, 0.1) is 0 Å². The number of carbonyl (C=O) groups excluding carboxylic acids is 2. The smallest absolute Gasteiger partial charge is 0.491 e. The van der Waals surface area contributed by atoms with E-state index in [4.69, 9.17) is 16.3 Å². The van der Waals surface area contributed by atoms with Gasteiger partial charge in [-0.15, -0.1) is 0 Å². The number of aromatic nitrogens is 1. The Hall–Kier alpha value is -3.01. The summed E-state index contributed by atoms with van der Waals surface area (Å²) in [6.45, 7) is 3.98. The maximum absolute atomic E-state index is 12.8. The number of halogens is 4. The van der Waals surface area contributed by atoms with E-state index in [-0.39, 0.29) is 29.0 Å². The second-order valence-electron chi connectivity index (χ2n) is 6.69. The number of alkyl halides is 3. The normalized spacial score (nSPS) is 11.2. The van der Waals surface area contributed by atoms with Gasteiger partial charge in [-0.1, -0.05) is 11.6 Å². The monoisotopic (exact) mass is 459 g/mol. The third-order valence-corrected chi connectivity index (χ3v) is 4.43. The van der Waals surface area contributed by atoms with Gasteiger partial charge in [0, 0.05) is 43.8 Å². The molecule has 1 N–H and O–H groups in total. The van der Waals surface area contributed by atoms with Crippen molar-refractivity contribution in [1.82, 2.24) is 9.88 Å². The first-order valence-corrected chi connectivity index (χ1v) is 9.55. The second-order valence-corrected chi connectivity index (χ2v) is 7.10. The fraction of sp³-hybridized carbons (Fsp3) is 0.350. The Morgan fingerprint density at radius 3 is 2.45 bits per heavy atom. The molecule has 31 heavy (non-hydrogen) atoms. The fourth-order valence-electron chi connectivity index (χ4n) is 2.32. The van der Waals surface area contributed by atoms with E-state index in [0.29, 0.717) is 6.54 Å². The topological polar surface area (TPSA) is 80.8 Å². The molecule has 0 aliphatic rings. The van der Waals surface area contributed by atoms with Crippen molar-refractivity contribution in [1.29, 1.82) is 0 Å². The molecule has 1 amide bonds. The Morgan fingerprint density at radius 1 is 1.23 bits per heavy atom. The maximum atomic E-state index is 12.8. The number of ether oxygens (including phenoxy) is 2. The molecule has 0 atom stereocenters. The quantitative estimate of drug-likeness (QED) is 0.362. The average Bonchev–Trinajstić information content (AvgIpc) is 2.71. The van der Waals surface area contributed by atoms with Crippen molar-refractivity contribution in [2.24, 2.45) is 0 Å². The molecule has 2 rings (SSSR count). The molecule has 0 fully saturated rings. The van der Waals surface area contributed by atoms with Crippen molar-refractivity contribution < 1.29 is 32.2 Å². The Morgan fingerprint density at radius 2 is 1.87 bits per heavy atom. The molecule has 2 aromatic rings. The molecular formula is C20H21ClF3N3O4. The first-order chi connectivity index (χ1) is 14.5. The van der Waals surface area contributed by atoms with Crippen LogP contribution in [0.3, 0.4) is 0 Å². The Labute approximate surface area is 182 Å². The third kappa shape index (κ3) is 6.74. The number of pyridine rings is 1. The Balaban J connectivity index is 2.24. The molecule has 0 saturated heterocycles. The Bertz CT molecular complexity index is 924. The van der Waals surface area contributed by atoms with Crippen LogP contribution in [0.5, 0.6) is 11.5 Å². The predicted molar refractivity (Wildman–Crippen MR) is 109 cm³/mol. The number of amides is 1. The lowest BCUT2D eigenvalue weighted by molar-refractivity contribution is -0.189. The van der Waals surface area contributed by atoms with Gasteiger partial charge in [-0.05, 0) is 32.0 Å². The summed E-state index contributed by atoms with van der Waals surface area (Å²) < 4.78 is 48.0. The van der Waals surface area contributed by atoms with E-state index in [9.17, 15) is 22.8 Å². The molecule has 0 unspecified atom stereocenters. The number of nitrogens with one attached hydrogen (secondary N) is 1. The summed E-state index contributed by atoms with van der Waals surface area (Å²) >= 11 is 6.05. The van der Waals surface area contributed by atoms with Gasteiger partial charge in [0.05, 0.1) is 10.6 Å². The van der Waals surface area contributed by atoms with Gasteiger partial charge in [0.2, 0.25) is 0 Å². The number of carbonyl (C=O) groups is 2. The zero-order valence-electron chi connectivity index (χ0n) is 17.0. The molecule has 1 heterocycles. The van der Waals surface area contributed by atoms with Crippen molar-refractivity contribution in [3.8, 4) is 11.5 Å². The highest BCUT2D eigenvalue weighted by Gasteiger charge is 2.42. The molecule has 0 radical (unpaired) electrons. The van der Waals surface area contributed by atoms with E-state index in [2.05, 4.69) is 15.0 Å². The lowest BCUT2D eigenvalue weighted by Crippen LogP contribution is -2.34. The van der Waals surface area contributed by atoms with Crippen molar-refractivity contribution in [2.45, 2.75) is 26.1 Å². The molecule has 0 saturated carbocycles. The number of hydrogen-bond donors (Lipinski definition) is 1. The first-order valence-electron chi connectivity index (χ1n) is 9.17. The van der Waals surface area contributed by atoms with E-state index in [1.54, 1.807) is 38.4 Å². The van der Waals surface area contributed by atoms with Gasteiger partial charge < -0.3 is 19.7 Å². The van der Waals surface area contributed by atoms with Crippen LogP contribution in [0.15, 0.2) is 36.7 Å². The van der Waals surface area contributed by atoms with Gasteiger partial charge in [-0.25, -0.2) is 4.79 Å². The van der Waals surface area contributed by atoms with E-state index in [1.165, 1.54) is 24.1 Å². The Kier molecular flexibility index (Phi) is 8.09. The van der Waals surface area contributed by atoms with E-state index in [1.807, 2.05) is 0 Å². The minimum absolute atomic E-state index is 0.133. The zero-order valence-corrected chi connectivity index (χ0v) is 17.8. The van der Waals surface area contributed by atoms with Gasteiger partial charge in [-0.3, -0.25) is 9.78 Å². The lowest BCUT2D eigenvalue weighted by atomic mass is 10.1. The number of esters is 1. The van der Waals surface area contributed by atoms with Crippen LogP contribution in [0.4, 0.5) is 18.9 Å². The highest BCUT2D eigenvalue weighted by atomic mass is 35.5. The average molecular weight is 460 g/mol. The second kappa shape index (κ2) is 10.3.